The molecule has 0 saturated carbocycles. The number of alkyl halides is 2. The quantitative estimate of drug-likeness (QED) is 0.783. The van der Waals surface area contributed by atoms with Gasteiger partial charge < -0.3 is 14.8 Å². The fourth-order valence-corrected chi connectivity index (χ4v) is 2.76. The lowest BCUT2D eigenvalue weighted by molar-refractivity contribution is -0.127. The number of cyclic esters (lactones) is 1. The van der Waals surface area contributed by atoms with Crippen LogP contribution < -0.4 is 10.1 Å². The summed E-state index contributed by atoms with van der Waals surface area (Å²) in [6.45, 7) is -2.86. The number of ether oxygens (including phenoxy) is 2. The molecule has 2 heterocycles. The highest BCUT2D eigenvalue weighted by molar-refractivity contribution is 6.32. The number of nitrogens with zero attached hydrogens (tertiary/aromatic N) is 3. The molecule has 1 aromatic heterocycles. The minimum Gasteiger partial charge on any atom is -0.434 e. The third kappa shape index (κ3) is 4.45. The minimum atomic E-state index is -3.01. The number of aromatic nitrogens is 2. The summed E-state index contributed by atoms with van der Waals surface area (Å²) >= 11 is 5.85. The number of carbonyl (C=O) groups is 2. The number of halogens is 3. The molecule has 8 nitrogen and oxygen atoms in total. The maximum atomic E-state index is 12.5. The van der Waals surface area contributed by atoms with Gasteiger partial charge in [-0.15, -0.1) is 0 Å². The first-order valence-corrected chi connectivity index (χ1v) is 8.48. The van der Waals surface area contributed by atoms with E-state index in [4.69, 9.17) is 16.3 Å². The van der Waals surface area contributed by atoms with Crippen LogP contribution in [0.25, 0.3) is 11.3 Å². The lowest BCUT2D eigenvalue weighted by Crippen LogP contribution is -2.35. The fraction of sp³-hybridized carbons (Fsp3) is 0.294. The zero-order valence-electron chi connectivity index (χ0n) is 14.6. The first kappa shape index (κ1) is 19.7. The zero-order chi connectivity index (χ0) is 20.3. The third-order valence-corrected chi connectivity index (χ3v) is 4.22. The Morgan fingerprint density at radius 3 is 2.96 bits per heavy atom. The molecule has 1 aromatic carbocycles. The lowest BCUT2D eigenvalue weighted by Gasteiger charge is -2.13. The average Bonchev–Trinajstić information content (AvgIpc) is 3.03. The summed E-state index contributed by atoms with van der Waals surface area (Å²) in [5.41, 5.74) is 1.27. The van der Waals surface area contributed by atoms with Crippen molar-refractivity contribution < 1.29 is 27.8 Å². The van der Waals surface area contributed by atoms with Crippen LogP contribution in [0.4, 0.5) is 13.6 Å². The predicted octanol–water partition coefficient (Wildman–Crippen LogP) is 2.47. The van der Waals surface area contributed by atoms with E-state index in [1.54, 1.807) is 6.07 Å². The van der Waals surface area contributed by atoms with E-state index in [9.17, 15) is 18.4 Å². The van der Waals surface area contributed by atoms with Crippen molar-refractivity contribution in [1.29, 1.82) is 0 Å². The summed E-state index contributed by atoms with van der Waals surface area (Å²) in [6, 6.07) is 4.32. The molecule has 1 fully saturated rings. The van der Waals surface area contributed by atoms with Crippen LogP contribution in [0.5, 0.6) is 5.75 Å². The van der Waals surface area contributed by atoms with E-state index < -0.39 is 24.7 Å². The Bertz CT molecular complexity index is 899. The van der Waals surface area contributed by atoms with E-state index in [0.717, 1.165) is 0 Å². The highest BCUT2D eigenvalue weighted by Crippen LogP contribution is 2.31. The Kier molecular flexibility index (Phi) is 5.88. The van der Waals surface area contributed by atoms with Crippen molar-refractivity contribution in [3.05, 3.63) is 41.3 Å². The average molecular weight is 413 g/mol. The highest BCUT2D eigenvalue weighted by Gasteiger charge is 2.35. The maximum Gasteiger partial charge on any atom is 0.411 e. The van der Waals surface area contributed by atoms with Crippen LogP contribution in [0.2, 0.25) is 5.02 Å². The molecule has 28 heavy (non-hydrogen) atoms. The van der Waals surface area contributed by atoms with E-state index >= 15 is 0 Å². The smallest absolute Gasteiger partial charge is 0.411 e. The lowest BCUT2D eigenvalue weighted by atomic mass is 10.1. The van der Waals surface area contributed by atoms with Crippen LogP contribution in [-0.2, 0) is 16.1 Å². The molecular formula is C17H15ClF2N4O4. The maximum absolute atomic E-state index is 12.5. The van der Waals surface area contributed by atoms with E-state index in [1.807, 2.05) is 0 Å². The molecule has 0 radical (unpaired) electrons. The Morgan fingerprint density at radius 1 is 1.46 bits per heavy atom. The van der Waals surface area contributed by atoms with Gasteiger partial charge in [-0.3, -0.25) is 14.7 Å². The van der Waals surface area contributed by atoms with Crippen LogP contribution in [0.1, 0.15) is 5.69 Å². The van der Waals surface area contributed by atoms with Crippen molar-refractivity contribution in [1.82, 2.24) is 20.2 Å². The molecule has 3 rings (SSSR count). The molecular weight excluding hydrogens is 398 g/mol. The van der Waals surface area contributed by atoms with Crippen molar-refractivity contribution in [2.75, 3.05) is 13.6 Å². The summed E-state index contributed by atoms with van der Waals surface area (Å²) in [5, 5.41) is 2.45. The number of nitrogens with one attached hydrogen (secondary N) is 1. The minimum absolute atomic E-state index is 0.0354. The molecule has 0 aliphatic carbocycles. The highest BCUT2D eigenvalue weighted by atomic mass is 35.5. The van der Waals surface area contributed by atoms with Crippen LogP contribution >= 0.6 is 11.6 Å². The van der Waals surface area contributed by atoms with Gasteiger partial charge in [0.1, 0.15) is 5.75 Å². The summed E-state index contributed by atoms with van der Waals surface area (Å²) in [4.78, 5) is 33.3. The number of rotatable bonds is 6. The van der Waals surface area contributed by atoms with Crippen molar-refractivity contribution in [2.45, 2.75) is 19.3 Å². The van der Waals surface area contributed by atoms with Gasteiger partial charge in [-0.2, -0.15) is 8.78 Å². The molecule has 0 unspecified atom stereocenters. The number of hydrogen-bond donors (Lipinski definition) is 1. The first-order valence-electron chi connectivity index (χ1n) is 8.10. The number of amides is 2. The van der Waals surface area contributed by atoms with Crippen molar-refractivity contribution in [2.24, 2.45) is 0 Å². The molecule has 1 aliphatic heterocycles. The van der Waals surface area contributed by atoms with Gasteiger partial charge in [-0.05, 0) is 12.1 Å². The summed E-state index contributed by atoms with van der Waals surface area (Å²) < 4.78 is 34.4. The molecule has 0 spiro atoms. The van der Waals surface area contributed by atoms with Gasteiger partial charge in [-0.1, -0.05) is 17.7 Å². The number of carbonyl (C=O) groups excluding carboxylic acids is 2. The van der Waals surface area contributed by atoms with Crippen LogP contribution in [0, 0.1) is 0 Å². The molecule has 2 aromatic rings. The van der Waals surface area contributed by atoms with Crippen LogP contribution in [0.15, 0.2) is 30.6 Å². The largest absolute Gasteiger partial charge is 0.434 e. The first-order chi connectivity index (χ1) is 13.4. The van der Waals surface area contributed by atoms with Crippen molar-refractivity contribution in [3.8, 4) is 17.0 Å². The van der Waals surface area contributed by atoms with E-state index in [0.29, 0.717) is 17.0 Å². The molecule has 2 amide bonds. The summed E-state index contributed by atoms with van der Waals surface area (Å²) in [6.07, 6.45) is 1.37. The van der Waals surface area contributed by atoms with E-state index in [2.05, 4.69) is 20.0 Å². The van der Waals surface area contributed by atoms with Gasteiger partial charge in [0.2, 0.25) is 0 Å². The molecule has 0 bridgehead atoms. The second-order valence-electron chi connectivity index (χ2n) is 5.79. The molecule has 148 valence electrons. The Labute approximate surface area is 163 Å². The van der Waals surface area contributed by atoms with Crippen molar-refractivity contribution >= 4 is 23.6 Å². The van der Waals surface area contributed by atoms with Gasteiger partial charge >= 0.3 is 12.7 Å². The van der Waals surface area contributed by atoms with E-state index in [-0.39, 0.29) is 23.9 Å². The van der Waals surface area contributed by atoms with Crippen LogP contribution in [-0.4, -0.2) is 53.2 Å². The van der Waals surface area contributed by atoms with Gasteiger partial charge in [0, 0.05) is 12.6 Å². The number of hydrogen-bond acceptors (Lipinski definition) is 6. The van der Waals surface area contributed by atoms with Crippen LogP contribution in [0.3, 0.4) is 0 Å². The summed E-state index contributed by atoms with van der Waals surface area (Å²) in [5.74, 6) is -0.582. The fourth-order valence-electron chi connectivity index (χ4n) is 2.60. The second-order valence-corrected chi connectivity index (χ2v) is 6.19. The zero-order valence-corrected chi connectivity index (χ0v) is 15.3. The van der Waals surface area contributed by atoms with Gasteiger partial charge in [0.25, 0.3) is 5.91 Å². The topological polar surface area (TPSA) is 93.7 Å². The van der Waals surface area contributed by atoms with Crippen molar-refractivity contribution in [3.63, 3.8) is 0 Å². The standard InChI is InChI=1S/C17H15ClF2N4O4/c1-21-15(25)14-8-24(17(26)28-14)7-10-5-22-6-12(23-10)9-2-3-11(18)13(4-9)27-16(19)20/h2-6,14,16H,7-8H2,1H3,(H,21,25)/t14-/m1/s1. The Balaban J connectivity index is 1.78. The molecule has 1 atom stereocenters. The SMILES string of the molecule is CNC(=O)[C@H]1CN(Cc2cncc(-c3ccc(Cl)c(OC(F)F)c3)n2)C(=O)O1. The monoisotopic (exact) mass is 412 g/mol. The number of likely N-dealkylation sites (N-methyl/N-ethyl adjacent to an activating group) is 1. The Hall–Kier alpha value is -3.01. The van der Waals surface area contributed by atoms with Gasteiger partial charge in [-0.25, -0.2) is 9.78 Å². The number of benzene rings is 1. The Morgan fingerprint density at radius 2 is 2.25 bits per heavy atom. The van der Waals surface area contributed by atoms with Gasteiger partial charge in [0.15, 0.2) is 6.10 Å². The van der Waals surface area contributed by atoms with Gasteiger partial charge in [0.05, 0.1) is 41.9 Å². The van der Waals surface area contributed by atoms with E-state index in [1.165, 1.54) is 36.5 Å². The molecule has 1 saturated heterocycles. The molecule has 1 N–H and O–H groups in total. The molecule has 1 aliphatic rings. The molecule has 11 heteroatoms. The normalized spacial score (nSPS) is 16.2. The predicted molar refractivity (Wildman–Crippen MR) is 93.9 cm³/mol. The second kappa shape index (κ2) is 8.34. The summed E-state index contributed by atoms with van der Waals surface area (Å²) in [7, 11) is 1.45. The third-order valence-electron chi connectivity index (χ3n) is 3.91.